The van der Waals surface area contributed by atoms with E-state index in [0.717, 1.165) is 25.9 Å². The van der Waals surface area contributed by atoms with E-state index in [1.54, 1.807) is 0 Å². The minimum absolute atomic E-state index is 0.0376. The number of hydrogen-bond acceptors (Lipinski definition) is 2. The molecule has 4 heteroatoms. The van der Waals surface area contributed by atoms with Gasteiger partial charge < -0.3 is 16.0 Å². The number of rotatable bonds is 2. The van der Waals surface area contributed by atoms with Gasteiger partial charge in [0.15, 0.2) is 0 Å². The maximum atomic E-state index is 11.1. The molecule has 2 amide bonds. The van der Waals surface area contributed by atoms with Crippen LogP contribution in [0.5, 0.6) is 0 Å². The highest BCUT2D eigenvalue weighted by molar-refractivity contribution is 5.74. The maximum Gasteiger partial charge on any atom is 0.314 e. The van der Waals surface area contributed by atoms with Gasteiger partial charge in [-0.25, -0.2) is 4.79 Å². The van der Waals surface area contributed by atoms with E-state index in [2.05, 4.69) is 16.0 Å². The molecule has 1 heterocycles. The smallest absolute Gasteiger partial charge is 0.314 e. The van der Waals surface area contributed by atoms with Crippen LogP contribution in [0.25, 0.3) is 0 Å². The molecule has 0 atom stereocenters. The lowest BCUT2D eigenvalue weighted by Crippen LogP contribution is -2.46. The fraction of sp³-hybridized carbons (Fsp3) is 0.900. The SMILES string of the molecule is CC.CCNC(=O)NC1CCNCC1. The fourth-order valence-electron chi connectivity index (χ4n) is 1.36. The summed E-state index contributed by atoms with van der Waals surface area (Å²) in [6, 6.07) is 0.321. The van der Waals surface area contributed by atoms with Crippen LogP contribution in [-0.4, -0.2) is 31.7 Å². The normalized spacial score (nSPS) is 16.5. The molecule has 0 unspecified atom stereocenters. The summed E-state index contributed by atoms with van der Waals surface area (Å²) < 4.78 is 0. The first-order chi connectivity index (χ1) is 6.83. The second kappa shape index (κ2) is 8.81. The summed E-state index contributed by atoms with van der Waals surface area (Å²) in [5.41, 5.74) is 0. The molecule has 0 spiro atoms. The largest absolute Gasteiger partial charge is 0.338 e. The topological polar surface area (TPSA) is 53.2 Å². The second-order valence-corrected chi connectivity index (χ2v) is 3.03. The van der Waals surface area contributed by atoms with Crippen LogP contribution < -0.4 is 16.0 Å². The van der Waals surface area contributed by atoms with Crippen molar-refractivity contribution in [3.8, 4) is 0 Å². The number of urea groups is 1. The molecular formula is C10H23N3O. The van der Waals surface area contributed by atoms with Gasteiger partial charge in [-0.1, -0.05) is 13.8 Å². The molecular weight excluding hydrogens is 178 g/mol. The average molecular weight is 201 g/mol. The molecule has 4 nitrogen and oxygen atoms in total. The highest BCUT2D eigenvalue weighted by Gasteiger charge is 2.14. The monoisotopic (exact) mass is 201 g/mol. The average Bonchev–Trinajstić information content (AvgIpc) is 2.22. The minimum atomic E-state index is -0.0376. The Labute approximate surface area is 86.8 Å². The van der Waals surface area contributed by atoms with Gasteiger partial charge in [-0.05, 0) is 32.9 Å². The third-order valence-corrected chi connectivity index (χ3v) is 2.01. The molecule has 0 aromatic carbocycles. The van der Waals surface area contributed by atoms with Crippen LogP contribution in [-0.2, 0) is 0 Å². The van der Waals surface area contributed by atoms with E-state index in [-0.39, 0.29) is 6.03 Å². The third kappa shape index (κ3) is 5.80. The van der Waals surface area contributed by atoms with Crippen molar-refractivity contribution >= 4 is 6.03 Å². The number of hydrogen-bond donors (Lipinski definition) is 3. The Morgan fingerprint density at radius 3 is 2.43 bits per heavy atom. The van der Waals surface area contributed by atoms with Gasteiger partial charge in [0.05, 0.1) is 0 Å². The van der Waals surface area contributed by atoms with Crippen LogP contribution in [0.3, 0.4) is 0 Å². The van der Waals surface area contributed by atoms with Crippen molar-refractivity contribution in [1.82, 2.24) is 16.0 Å². The van der Waals surface area contributed by atoms with E-state index in [0.29, 0.717) is 12.6 Å². The van der Waals surface area contributed by atoms with Crippen LogP contribution in [0.15, 0.2) is 0 Å². The van der Waals surface area contributed by atoms with Crippen molar-refractivity contribution in [2.75, 3.05) is 19.6 Å². The van der Waals surface area contributed by atoms with Gasteiger partial charge in [0.2, 0.25) is 0 Å². The van der Waals surface area contributed by atoms with E-state index in [1.165, 1.54) is 0 Å². The Kier molecular flexibility index (Phi) is 8.33. The predicted octanol–water partition coefficient (Wildman–Crippen LogP) is 1.08. The predicted molar refractivity (Wildman–Crippen MR) is 59.4 cm³/mol. The van der Waals surface area contributed by atoms with Gasteiger partial charge in [-0.15, -0.1) is 0 Å². The quantitative estimate of drug-likeness (QED) is 0.626. The number of nitrogens with one attached hydrogen (secondary N) is 3. The Hall–Kier alpha value is -0.770. The first-order valence-corrected chi connectivity index (χ1v) is 5.58. The van der Waals surface area contributed by atoms with Gasteiger partial charge in [0.1, 0.15) is 0 Å². The summed E-state index contributed by atoms with van der Waals surface area (Å²) in [6.07, 6.45) is 2.08. The molecule has 0 aromatic heterocycles. The Morgan fingerprint density at radius 2 is 1.93 bits per heavy atom. The number of carbonyl (C=O) groups excluding carboxylic acids is 1. The van der Waals surface area contributed by atoms with E-state index >= 15 is 0 Å². The molecule has 0 aromatic rings. The van der Waals surface area contributed by atoms with Crippen LogP contribution in [0.4, 0.5) is 4.79 Å². The molecule has 1 fully saturated rings. The van der Waals surface area contributed by atoms with Gasteiger partial charge in [0, 0.05) is 12.6 Å². The van der Waals surface area contributed by atoms with Crippen molar-refractivity contribution in [2.24, 2.45) is 0 Å². The summed E-state index contributed by atoms with van der Waals surface area (Å²) in [7, 11) is 0. The zero-order valence-electron chi connectivity index (χ0n) is 9.52. The van der Waals surface area contributed by atoms with Gasteiger partial charge in [-0.2, -0.15) is 0 Å². The second-order valence-electron chi connectivity index (χ2n) is 3.03. The molecule has 14 heavy (non-hydrogen) atoms. The van der Waals surface area contributed by atoms with Crippen LogP contribution in [0.1, 0.15) is 33.6 Å². The zero-order chi connectivity index (χ0) is 10.8. The maximum absolute atomic E-state index is 11.1. The molecule has 0 radical (unpaired) electrons. The third-order valence-electron chi connectivity index (χ3n) is 2.01. The molecule has 1 aliphatic rings. The highest BCUT2D eigenvalue weighted by atomic mass is 16.2. The van der Waals surface area contributed by atoms with Gasteiger partial charge in [0.25, 0.3) is 0 Å². The minimum Gasteiger partial charge on any atom is -0.338 e. The van der Waals surface area contributed by atoms with Crippen molar-refractivity contribution < 1.29 is 4.79 Å². The van der Waals surface area contributed by atoms with Crippen molar-refractivity contribution in [3.63, 3.8) is 0 Å². The summed E-state index contributed by atoms with van der Waals surface area (Å²) >= 11 is 0. The highest BCUT2D eigenvalue weighted by Crippen LogP contribution is 2.00. The molecule has 1 rings (SSSR count). The Bertz CT molecular complexity index is 144. The van der Waals surface area contributed by atoms with Crippen LogP contribution in [0.2, 0.25) is 0 Å². The van der Waals surface area contributed by atoms with E-state index in [9.17, 15) is 4.79 Å². The summed E-state index contributed by atoms with van der Waals surface area (Å²) in [5, 5.41) is 8.90. The van der Waals surface area contributed by atoms with E-state index in [1.807, 2.05) is 20.8 Å². The molecule has 1 saturated heterocycles. The first kappa shape index (κ1) is 13.2. The lowest BCUT2D eigenvalue weighted by Gasteiger charge is -2.23. The molecule has 3 N–H and O–H groups in total. The summed E-state index contributed by atoms with van der Waals surface area (Å²) in [5.74, 6) is 0. The van der Waals surface area contributed by atoms with E-state index < -0.39 is 0 Å². The number of amides is 2. The molecule has 1 aliphatic heterocycles. The Balaban J connectivity index is 0.000000791. The van der Waals surface area contributed by atoms with Crippen molar-refractivity contribution in [2.45, 2.75) is 39.7 Å². The van der Waals surface area contributed by atoms with Gasteiger partial charge >= 0.3 is 6.03 Å². The van der Waals surface area contributed by atoms with Crippen molar-refractivity contribution in [1.29, 1.82) is 0 Å². The van der Waals surface area contributed by atoms with E-state index in [4.69, 9.17) is 0 Å². The van der Waals surface area contributed by atoms with Crippen LogP contribution in [0, 0.1) is 0 Å². The van der Waals surface area contributed by atoms with Crippen LogP contribution >= 0.6 is 0 Å². The fourth-order valence-corrected chi connectivity index (χ4v) is 1.36. The number of carbonyl (C=O) groups is 1. The lowest BCUT2D eigenvalue weighted by atomic mass is 10.1. The molecule has 0 saturated carbocycles. The Morgan fingerprint density at radius 1 is 1.36 bits per heavy atom. The molecule has 84 valence electrons. The molecule has 0 aliphatic carbocycles. The summed E-state index contributed by atoms with van der Waals surface area (Å²) in [4.78, 5) is 11.1. The molecule has 0 bridgehead atoms. The first-order valence-electron chi connectivity index (χ1n) is 5.58. The van der Waals surface area contributed by atoms with Gasteiger partial charge in [-0.3, -0.25) is 0 Å². The van der Waals surface area contributed by atoms with Crippen molar-refractivity contribution in [3.05, 3.63) is 0 Å². The lowest BCUT2D eigenvalue weighted by molar-refractivity contribution is 0.234. The zero-order valence-corrected chi connectivity index (χ0v) is 9.52. The number of piperidine rings is 1. The standard InChI is InChI=1S/C8H17N3O.C2H6/c1-2-10-8(12)11-7-3-5-9-6-4-7;1-2/h7,9H,2-6H2,1H3,(H2,10,11,12);1-2H3. The summed E-state index contributed by atoms with van der Waals surface area (Å²) in [6.45, 7) is 8.63.